The number of hydrogen-bond donors (Lipinski definition) is 1. The summed E-state index contributed by atoms with van der Waals surface area (Å²) in [4.78, 5) is 28.8. The molecule has 5 nitrogen and oxygen atoms in total. The molecule has 2 heterocycles. The van der Waals surface area contributed by atoms with E-state index in [1.165, 1.54) is 24.0 Å². The van der Waals surface area contributed by atoms with Crippen LogP contribution in [0, 0.1) is 0 Å². The average molecular weight is 380 g/mol. The van der Waals surface area contributed by atoms with Gasteiger partial charge >= 0.3 is 5.97 Å². The van der Waals surface area contributed by atoms with Gasteiger partial charge in [-0.1, -0.05) is 37.6 Å². The lowest BCUT2D eigenvalue weighted by Crippen LogP contribution is -2.14. The lowest BCUT2D eigenvalue weighted by molar-refractivity contribution is 0.0603. The number of anilines is 1. The largest absolute Gasteiger partial charge is 0.465 e. The van der Waals surface area contributed by atoms with Crippen molar-refractivity contribution in [3.8, 4) is 11.1 Å². The van der Waals surface area contributed by atoms with Gasteiger partial charge in [-0.3, -0.25) is 9.78 Å². The van der Waals surface area contributed by atoms with E-state index >= 15 is 0 Å². The zero-order valence-corrected chi connectivity index (χ0v) is 16.0. The molecule has 1 amide bonds. The van der Waals surface area contributed by atoms with Crippen molar-refractivity contribution >= 4 is 28.2 Å². The number of nitrogens with zero attached hydrogens (tertiary/aromatic N) is 1. The fraction of sp³-hybridized carbons (Fsp3) is 0.190. The van der Waals surface area contributed by atoms with Crippen molar-refractivity contribution in [2.24, 2.45) is 0 Å². The van der Waals surface area contributed by atoms with Crippen LogP contribution in [-0.2, 0) is 11.2 Å². The van der Waals surface area contributed by atoms with E-state index in [2.05, 4.69) is 29.4 Å². The third-order valence-corrected chi connectivity index (χ3v) is 5.05. The smallest absolute Gasteiger partial charge is 0.341 e. The van der Waals surface area contributed by atoms with Gasteiger partial charge in [-0.2, -0.15) is 0 Å². The number of thiophene rings is 1. The number of carbonyl (C=O) groups excluding carboxylic acids is 2. The first-order chi connectivity index (χ1) is 13.1. The third kappa shape index (κ3) is 4.23. The molecule has 0 atom stereocenters. The molecule has 0 aliphatic carbocycles. The van der Waals surface area contributed by atoms with Gasteiger partial charge in [0.05, 0.1) is 7.11 Å². The van der Waals surface area contributed by atoms with Crippen molar-refractivity contribution in [1.29, 1.82) is 0 Å². The van der Waals surface area contributed by atoms with Gasteiger partial charge in [0.25, 0.3) is 5.91 Å². The number of pyridine rings is 1. The molecule has 0 unspecified atom stereocenters. The Morgan fingerprint density at radius 1 is 1.11 bits per heavy atom. The molecule has 0 spiro atoms. The number of esters is 1. The van der Waals surface area contributed by atoms with Gasteiger partial charge < -0.3 is 10.1 Å². The molecule has 0 aliphatic rings. The summed E-state index contributed by atoms with van der Waals surface area (Å²) < 4.78 is 4.95. The van der Waals surface area contributed by atoms with E-state index in [1.807, 2.05) is 17.5 Å². The topological polar surface area (TPSA) is 68.3 Å². The SMILES string of the molecule is CCCc1ccc(-c2csc(NC(=O)c3ccncc3)c2C(=O)OC)cc1. The lowest BCUT2D eigenvalue weighted by atomic mass is 10.0. The number of benzene rings is 1. The van der Waals surface area contributed by atoms with Gasteiger partial charge in [-0.15, -0.1) is 11.3 Å². The van der Waals surface area contributed by atoms with E-state index in [1.54, 1.807) is 24.5 Å². The minimum Gasteiger partial charge on any atom is -0.465 e. The monoisotopic (exact) mass is 380 g/mol. The Kier molecular flexibility index (Phi) is 5.98. The van der Waals surface area contributed by atoms with Crippen LogP contribution in [0.3, 0.4) is 0 Å². The second-order valence-corrected chi connectivity index (χ2v) is 6.86. The van der Waals surface area contributed by atoms with Crippen LogP contribution in [0.1, 0.15) is 39.6 Å². The number of methoxy groups -OCH3 is 1. The summed E-state index contributed by atoms with van der Waals surface area (Å²) in [6.45, 7) is 2.14. The first-order valence-corrected chi connectivity index (χ1v) is 9.52. The minimum atomic E-state index is -0.478. The summed E-state index contributed by atoms with van der Waals surface area (Å²) in [6, 6.07) is 11.4. The van der Waals surface area contributed by atoms with Crippen molar-refractivity contribution in [1.82, 2.24) is 4.98 Å². The van der Waals surface area contributed by atoms with Crippen LogP contribution in [0.5, 0.6) is 0 Å². The molecule has 6 heteroatoms. The Balaban J connectivity index is 1.94. The van der Waals surface area contributed by atoms with Crippen molar-refractivity contribution in [3.05, 3.63) is 70.9 Å². The Morgan fingerprint density at radius 3 is 2.44 bits per heavy atom. The predicted octanol–water partition coefficient (Wildman–Crippen LogP) is 4.80. The van der Waals surface area contributed by atoms with Gasteiger partial charge in [-0.05, 0) is 29.7 Å². The third-order valence-electron chi connectivity index (χ3n) is 4.15. The predicted molar refractivity (Wildman–Crippen MR) is 107 cm³/mol. The number of aryl methyl sites for hydroxylation is 1. The first-order valence-electron chi connectivity index (χ1n) is 8.64. The molecule has 0 saturated carbocycles. The fourth-order valence-corrected chi connectivity index (χ4v) is 3.74. The molecular weight excluding hydrogens is 360 g/mol. The molecule has 0 radical (unpaired) electrons. The van der Waals surface area contributed by atoms with Crippen LogP contribution in [0.2, 0.25) is 0 Å². The van der Waals surface area contributed by atoms with Crippen molar-refractivity contribution in [3.63, 3.8) is 0 Å². The molecule has 1 N–H and O–H groups in total. The van der Waals surface area contributed by atoms with Crippen LogP contribution >= 0.6 is 11.3 Å². The highest BCUT2D eigenvalue weighted by atomic mass is 32.1. The number of nitrogens with one attached hydrogen (secondary N) is 1. The van der Waals surface area contributed by atoms with Gasteiger partial charge in [0.2, 0.25) is 0 Å². The molecule has 3 aromatic rings. The van der Waals surface area contributed by atoms with Gasteiger partial charge in [0.1, 0.15) is 10.6 Å². The molecule has 0 bridgehead atoms. The van der Waals surface area contributed by atoms with Gasteiger partial charge in [0, 0.05) is 28.9 Å². The van der Waals surface area contributed by atoms with Crippen molar-refractivity contribution < 1.29 is 14.3 Å². The van der Waals surface area contributed by atoms with Crippen LogP contribution in [0.15, 0.2) is 54.2 Å². The number of hydrogen-bond acceptors (Lipinski definition) is 5. The highest BCUT2D eigenvalue weighted by Gasteiger charge is 2.22. The summed E-state index contributed by atoms with van der Waals surface area (Å²) >= 11 is 1.30. The zero-order valence-electron chi connectivity index (χ0n) is 15.2. The molecule has 1 aromatic carbocycles. The maximum absolute atomic E-state index is 12.5. The Morgan fingerprint density at radius 2 is 1.81 bits per heavy atom. The number of rotatable bonds is 6. The van der Waals surface area contributed by atoms with Crippen molar-refractivity contribution in [2.45, 2.75) is 19.8 Å². The van der Waals surface area contributed by atoms with E-state index in [9.17, 15) is 9.59 Å². The maximum Gasteiger partial charge on any atom is 0.341 e. The summed E-state index contributed by atoms with van der Waals surface area (Å²) in [5.41, 5.74) is 3.76. The average Bonchev–Trinajstić information content (AvgIpc) is 3.12. The second-order valence-electron chi connectivity index (χ2n) is 5.98. The summed E-state index contributed by atoms with van der Waals surface area (Å²) in [6.07, 6.45) is 5.19. The number of carbonyl (C=O) groups is 2. The summed E-state index contributed by atoms with van der Waals surface area (Å²) in [5, 5.41) is 5.15. The van der Waals surface area contributed by atoms with Crippen LogP contribution < -0.4 is 5.32 Å². The van der Waals surface area contributed by atoms with Gasteiger partial charge in [0.15, 0.2) is 0 Å². The van der Waals surface area contributed by atoms with E-state index in [4.69, 9.17) is 4.74 Å². The normalized spacial score (nSPS) is 10.4. The highest BCUT2D eigenvalue weighted by Crippen LogP contribution is 2.36. The standard InChI is InChI=1S/C21H20N2O3S/c1-3-4-14-5-7-15(8-6-14)17-13-27-20(18(17)21(25)26-2)23-19(24)16-9-11-22-12-10-16/h5-13H,3-4H2,1-2H3,(H,23,24). The molecule has 0 aliphatic heterocycles. The second kappa shape index (κ2) is 8.60. The Bertz CT molecular complexity index is 934. The quantitative estimate of drug-likeness (QED) is 0.624. The Hall–Kier alpha value is -2.99. The van der Waals surface area contributed by atoms with Gasteiger partial charge in [-0.25, -0.2) is 4.79 Å². The summed E-state index contributed by atoms with van der Waals surface area (Å²) in [5.74, 6) is -0.775. The molecule has 138 valence electrons. The van der Waals surface area contributed by atoms with Crippen molar-refractivity contribution in [2.75, 3.05) is 12.4 Å². The minimum absolute atomic E-state index is 0.297. The lowest BCUT2D eigenvalue weighted by Gasteiger charge is -2.08. The molecule has 0 fully saturated rings. The van der Waals surface area contributed by atoms with E-state index in [-0.39, 0.29) is 5.91 Å². The number of amides is 1. The fourth-order valence-electron chi connectivity index (χ4n) is 2.79. The van der Waals surface area contributed by atoms with Crippen LogP contribution in [0.25, 0.3) is 11.1 Å². The van der Waals surface area contributed by atoms with E-state index in [0.29, 0.717) is 16.1 Å². The van der Waals surface area contributed by atoms with Crippen LogP contribution in [0.4, 0.5) is 5.00 Å². The maximum atomic E-state index is 12.5. The molecular formula is C21H20N2O3S. The zero-order chi connectivity index (χ0) is 19.2. The number of aromatic nitrogens is 1. The molecule has 3 rings (SSSR count). The van der Waals surface area contributed by atoms with E-state index < -0.39 is 5.97 Å². The molecule has 27 heavy (non-hydrogen) atoms. The molecule has 0 saturated heterocycles. The van der Waals surface area contributed by atoms with Crippen LogP contribution in [-0.4, -0.2) is 24.0 Å². The Labute approximate surface area is 162 Å². The highest BCUT2D eigenvalue weighted by molar-refractivity contribution is 7.15. The summed E-state index contributed by atoms with van der Waals surface area (Å²) in [7, 11) is 1.34. The molecule has 2 aromatic heterocycles. The first kappa shape index (κ1) is 18.8. The number of ether oxygens (including phenoxy) is 1. The van der Waals surface area contributed by atoms with E-state index in [0.717, 1.165) is 24.0 Å².